The predicted molar refractivity (Wildman–Crippen MR) is 67.6 cm³/mol. The lowest BCUT2D eigenvalue weighted by atomic mass is 9.65. The highest BCUT2D eigenvalue weighted by Gasteiger charge is 2.38. The number of nitrogens with zero attached hydrogens (tertiary/aromatic N) is 2. The Morgan fingerprint density at radius 3 is 2.76 bits per heavy atom. The fourth-order valence-corrected chi connectivity index (χ4v) is 2.53. The summed E-state index contributed by atoms with van der Waals surface area (Å²) in [7, 11) is 0. The first-order chi connectivity index (χ1) is 8.23. The van der Waals surface area contributed by atoms with E-state index in [1.807, 2.05) is 19.2 Å². The molecule has 0 atom stereocenters. The Hall–Kier alpha value is -1.88. The molecule has 1 fully saturated rings. The topological polar surface area (TPSA) is 36.7 Å². The second-order valence-corrected chi connectivity index (χ2v) is 4.97. The molecule has 0 bridgehead atoms. The second kappa shape index (κ2) is 3.56. The zero-order valence-corrected chi connectivity index (χ0v) is 9.90. The van der Waals surface area contributed by atoms with Crippen molar-refractivity contribution in [3.05, 3.63) is 41.6 Å². The highest BCUT2D eigenvalue weighted by Crippen LogP contribution is 2.43. The van der Waals surface area contributed by atoms with Gasteiger partial charge in [-0.3, -0.25) is 4.98 Å². The van der Waals surface area contributed by atoms with E-state index in [4.69, 9.17) is 0 Å². The minimum atomic E-state index is -0.224. The maximum atomic E-state index is 9.35. The van der Waals surface area contributed by atoms with Crippen LogP contribution in [0.25, 0.3) is 10.9 Å². The van der Waals surface area contributed by atoms with Gasteiger partial charge < -0.3 is 0 Å². The Bertz CT molecular complexity index is 618. The Balaban J connectivity index is 2.16. The largest absolute Gasteiger partial charge is 0.256 e. The summed E-state index contributed by atoms with van der Waals surface area (Å²) in [5, 5.41) is 10.5. The van der Waals surface area contributed by atoms with Gasteiger partial charge in [0, 0.05) is 11.6 Å². The summed E-state index contributed by atoms with van der Waals surface area (Å²) in [6, 6.07) is 10.9. The van der Waals surface area contributed by atoms with Crippen LogP contribution in [0.15, 0.2) is 30.5 Å². The molecule has 1 aromatic heterocycles. The van der Waals surface area contributed by atoms with Crippen molar-refractivity contribution in [2.75, 3.05) is 0 Å². The molecule has 1 heterocycles. The van der Waals surface area contributed by atoms with E-state index in [1.165, 1.54) is 0 Å². The van der Waals surface area contributed by atoms with Gasteiger partial charge in [0.05, 0.1) is 17.0 Å². The fourth-order valence-electron chi connectivity index (χ4n) is 2.53. The van der Waals surface area contributed by atoms with E-state index in [1.54, 1.807) is 0 Å². The third-order valence-electron chi connectivity index (χ3n) is 3.79. The zero-order chi connectivity index (χ0) is 11.9. The van der Waals surface area contributed by atoms with Gasteiger partial charge in [-0.1, -0.05) is 6.07 Å². The van der Waals surface area contributed by atoms with Gasteiger partial charge in [-0.25, -0.2) is 0 Å². The highest BCUT2D eigenvalue weighted by atomic mass is 14.6. The van der Waals surface area contributed by atoms with Crippen molar-refractivity contribution in [1.29, 1.82) is 5.26 Å². The fraction of sp³-hybridized carbons (Fsp3) is 0.333. The summed E-state index contributed by atoms with van der Waals surface area (Å²) >= 11 is 0. The lowest BCUT2D eigenvalue weighted by molar-refractivity contribution is 0.324. The van der Waals surface area contributed by atoms with E-state index in [0.29, 0.717) is 0 Å². The molecule has 84 valence electrons. The van der Waals surface area contributed by atoms with Crippen LogP contribution in [-0.2, 0) is 5.41 Å². The van der Waals surface area contributed by atoms with Gasteiger partial charge in [0.1, 0.15) is 0 Å². The zero-order valence-electron chi connectivity index (χ0n) is 9.90. The molecule has 2 aromatic rings. The molecule has 1 aromatic carbocycles. The minimum Gasteiger partial charge on any atom is -0.256 e. The molecule has 1 aliphatic rings. The van der Waals surface area contributed by atoms with E-state index in [-0.39, 0.29) is 5.41 Å². The molecule has 0 saturated heterocycles. The van der Waals surface area contributed by atoms with Crippen molar-refractivity contribution >= 4 is 10.9 Å². The van der Waals surface area contributed by atoms with E-state index >= 15 is 0 Å². The van der Waals surface area contributed by atoms with Crippen LogP contribution in [0.5, 0.6) is 0 Å². The van der Waals surface area contributed by atoms with Crippen LogP contribution in [0.1, 0.15) is 30.4 Å². The Morgan fingerprint density at radius 1 is 1.29 bits per heavy atom. The van der Waals surface area contributed by atoms with Crippen LogP contribution in [0.3, 0.4) is 0 Å². The van der Waals surface area contributed by atoms with Crippen molar-refractivity contribution in [2.45, 2.75) is 31.6 Å². The van der Waals surface area contributed by atoms with Crippen molar-refractivity contribution < 1.29 is 0 Å². The first-order valence-electron chi connectivity index (χ1n) is 6.02. The maximum absolute atomic E-state index is 9.35. The highest BCUT2D eigenvalue weighted by molar-refractivity contribution is 5.80. The van der Waals surface area contributed by atoms with Crippen LogP contribution in [0.4, 0.5) is 0 Å². The average molecular weight is 222 g/mol. The molecule has 0 amide bonds. The van der Waals surface area contributed by atoms with Crippen LogP contribution in [0, 0.1) is 18.3 Å². The number of hydrogen-bond acceptors (Lipinski definition) is 2. The molecule has 0 spiro atoms. The number of aromatic nitrogens is 1. The monoisotopic (exact) mass is 222 g/mol. The first kappa shape index (κ1) is 10.3. The predicted octanol–water partition coefficient (Wildman–Crippen LogP) is 3.49. The number of benzene rings is 1. The summed E-state index contributed by atoms with van der Waals surface area (Å²) in [6.45, 7) is 2.04. The molecular weight excluding hydrogens is 208 g/mol. The molecular formula is C15H14N2. The van der Waals surface area contributed by atoms with Gasteiger partial charge in [-0.2, -0.15) is 5.26 Å². The van der Waals surface area contributed by atoms with Crippen LogP contribution in [0.2, 0.25) is 0 Å². The number of aryl methyl sites for hydroxylation is 1. The third kappa shape index (κ3) is 1.51. The average Bonchev–Trinajstić information content (AvgIpc) is 2.28. The van der Waals surface area contributed by atoms with Gasteiger partial charge in [0.15, 0.2) is 0 Å². The van der Waals surface area contributed by atoms with Crippen molar-refractivity contribution in [2.24, 2.45) is 0 Å². The van der Waals surface area contributed by atoms with E-state index in [9.17, 15) is 5.26 Å². The number of nitriles is 1. The van der Waals surface area contributed by atoms with Crippen LogP contribution in [-0.4, -0.2) is 4.98 Å². The summed E-state index contributed by atoms with van der Waals surface area (Å²) in [6.07, 6.45) is 5.03. The molecule has 0 unspecified atom stereocenters. The standard InChI is InChI=1S/C15H14N2/c1-11-7-12-8-13(3-4-14(12)17-9-11)15(10-16)5-2-6-15/h3-4,7-9H,2,5-6H2,1H3. The van der Waals surface area contributed by atoms with Gasteiger partial charge in [0.25, 0.3) is 0 Å². The molecule has 3 rings (SSSR count). The number of hydrogen-bond donors (Lipinski definition) is 0. The molecule has 0 N–H and O–H groups in total. The molecule has 2 nitrogen and oxygen atoms in total. The molecule has 0 radical (unpaired) electrons. The number of fused-ring (bicyclic) bond motifs is 1. The summed E-state index contributed by atoms with van der Waals surface area (Å²) in [5.74, 6) is 0. The first-order valence-corrected chi connectivity index (χ1v) is 6.02. The van der Waals surface area contributed by atoms with Gasteiger partial charge in [-0.15, -0.1) is 0 Å². The van der Waals surface area contributed by atoms with E-state index in [2.05, 4.69) is 29.3 Å². The third-order valence-corrected chi connectivity index (χ3v) is 3.79. The van der Waals surface area contributed by atoms with Gasteiger partial charge >= 0.3 is 0 Å². The maximum Gasteiger partial charge on any atom is 0.0822 e. The normalized spacial score (nSPS) is 17.4. The lowest BCUT2D eigenvalue weighted by Gasteiger charge is -2.35. The Labute approximate surface area is 101 Å². The van der Waals surface area contributed by atoms with E-state index < -0.39 is 0 Å². The van der Waals surface area contributed by atoms with Crippen LogP contribution < -0.4 is 0 Å². The quantitative estimate of drug-likeness (QED) is 0.740. The van der Waals surface area contributed by atoms with Crippen molar-refractivity contribution in [3.63, 3.8) is 0 Å². The lowest BCUT2D eigenvalue weighted by Crippen LogP contribution is -2.32. The van der Waals surface area contributed by atoms with Crippen molar-refractivity contribution in [1.82, 2.24) is 4.98 Å². The molecule has 1 aliphatic carbocycles. The van der Waals surface area contributed by atoms with Crippen molar-refractivity contribution in [3.8, 4) is 6.07 Å². The summed E-state index contributed by atoms with van der Waals surface area (Å²) < 4.78 is 0. The summed E-state index contributed by atoms with van der Waals surface area (Å²) in [5.41, 5.74) is 3.10. The second-order valence-electron chi connectivity index (χ2n) is 4.97. The number of rotatable bonds is 1. The smallest absolute Gasteiger partial charge is 0.0822 e. The Kier molecular flexibility index (Phi) is 2.16. The van der Waals surface area contributed by atoms with Crippen LogP contribution >= 0.6 is 0 Å². The van der Waals surface area contributed by atoms with E-state index in [0.717, 1.165) is 41.3 Å². The molecule has 2 heteroatoms. The van der Waals surface area contributed by atoms with Gasteiger partial charge in [0.2, 0.25) is 0 Å². The molecule has 1 saturated carbocycles. The van der Waals surface area contributed by atoms with Gasteiger partial charge in [-0.05, 0) is 55.5 Å². The Morgan fingerprint density at radius 2 is 2.12 bits per heavy atom. The SMILES string of the molecule is Cc1cnc2ccc(C3(C#N)CCC3)cc2c1. The summed E-state index contributed by atoms with van der Waals surface area (Å²) in [4.78, 5) is 4.39. The minimum absolute atomic E-state index is 0.224. The number of pyridine rings is 1. The molecule has 17 heavy (non-hydrogen) atoms. The molecule has 0 aliphatic heterocycles.